The molecule has 2 amide bonds. The first kappa shape index (κ1) is 17.2. The molecule has 3 N–H and O–H groups in total. The number of carbonyl (C=O) groups excluding carboxylic acids is 2. The number of hydrogen-bond acceptors (Lipinski definition) is 5. The van der Waals surface area contributed by atoms with E-state index in [1.54, 1.807) is 35.1 Å². The summed E-state index contributed by atoms with van der Waals surface area (Å²) in [6.45, 7) is 2.30. The Morgan fingerprint density at radius 3 is 2.89 bits per heavy atom. The number of rotatable bonds is 6. The molecule has 140 valence electrons. The van der Waals surface area contributed by atoms with Crippen LogP contribution in [0.2, 0.25) is 0 Å². The van der Waals surface area contributed by atoms with E-state index in [1.165, 1.54) is 6.20 Å². The van der Waals surface area contributed by atoms with Crippen LogP contribution in [0, 0.1) is 5.92 Å². The fourth-order valence-corrected chi connectivity index (χ4v) is 3.47. The van der Waals surface area contributed by atoms with Crippen molar-refractivity contribution in [1.29, 1.82) is 0 Å². The fourth-order valence-electron chi connectivity index (χ4n) is 3.47. The van der Waals surface area contributed by atoms with Crippen LogP contribution in [-0.4, -0.2) is 48.9 Å². The van der Waals surface area contributed by atoms with Crippen molar-refractivity contribution in [2.24, 2.45) is 5.92 Å². The summed E-state index contributed by atoms with van der Waals surface area (Å²) in [6, 6.07) is 5.35. The number of hydrogen-bond donors (Lipinski definition) is 3. The highest BCUT2D eigenvalue weighted by atomic mass is 16.2. The number of carbonyl (C=O) groups is 2. The molecule has 1 fully saturated rings. The van der Waals surface area contributed by atoms with Gasteiger partial charge < -0.3 is 10.6 Å². The van der Waals surface area contributed by atoms with E-state index in [2.05, 4.69) is 31.1 Å². The minimum Gasteiger partial charge on any atom is -0.350 e. The van der Waals surface area contributed by atoms with Crippen LogP contribution in [0.5, 0.6) is 0 Å². The van der Waals surface area contributed by atoms with Gasteiger partial charge in [0.25, 0.3) is 11.8 Å². The number of aromatic amines is 1. The predicted molar refractivity (Wildman–Crippen MR) is 97.1 cm³/mol. The summed E-state index contributed by atoms with van der Waals surface area (Å²) in [4.78, 5) is 25.2. The zero-order valence-electron chi connectivity index (χ0n) is 15.0. The number of amides is 2. The second-order valence-corrected chi connectivity index (χ2v) is 7.12. The monoisotopic (exact) mass is 367 g/mol. The number of nitrogens with one attached hydrogen (secondary N) is 3. The van der Waals surface area contributed by atoms with Crippen LogP contribution in [-0.2, 0) is 0 Å². The van der Waals surface area contributed by atoms with Crippen molar-refractivity contribution >= 4 is 17.3 Å². The first-order chi connectivity index (χ1) is 13.1. The first-order valence-corrected chi connectivity index (χ1v) is 8.96. The molecule has 0 spiro atoms. The standard InChI is InChI=1S/C18H21N7O2/c1-18(12-4-2-5-12,22-17(27)14-10-20-24-23-14)11-19-16(26)13-6-3-9-25-15(13)7-8-21-25/h3,6-10,12H,2,4-5,11H2,1H3,(H,19,26)(H,22,27)(H,20,23,24). The lowest BCUT2D eigenvalue weighted by molar-refractivity contribution is 0.0755. The van der Waals surface area contributed by atoms with Gasteiger partial charge in [-0.2, -0.15) is 20.5 Å². The smallest absolute Gasteiger partial charge is 0.273 e. The van der Waals surface area contributed by atoms with Gasteiger partial charge in [0.1, 0.15) is 0 Å². The third kappa shape index (κ3) is 3.27. The lowest BCUT2D eigenvalue weighted by atomic mass is 9.71. The highest BCUT2D eigenvalue weighted by Gasteiger charge is 2.40. The molecule has 1 aliphatic carbocycles. The van der Waals surface area contributed by atoms with E-state index >= 15 is 0 Å². The van der Waals surface area contributed by atoms with Crippen molar-refractivity contribution in [2.45, 2.75) is 31.7 Å². The molecule has 1 saturated carbocycles. The lowest BCUT2D eigenvalue weighted by Gasteiger charge is -2.43. The highest BCUT2D eigenvalue weighted by Crippen LogP contribution is 2.36. The quantitative estimate of drug-likeness (QED) is 0.605. The van der Waals surface area contributed by atoms with E-state index in [1.807, 2.05) is 6.92 Å². The second-order valence-electron chi connectivity index (χ2n) is 7.12. The maximum absolute atomic E-state index is 12.8. The molecule has 9 nitrogen and oxygen atoms in total. The summed E-state index contributed by atoms with van der Waals surface area (Å²) < 4.78 is 1.66. The summed E-state index contributed by atoms with van der Waals surface area (Å²) in [5.74, 6) is -0.188. The van der Waals surface area contributed by atoms with Gasteiger partial charge in [-0.25, -0.2) is 4.52 Å². The molecule has 1 atom stereocenters. The van der Waals surface area contributed by atoms with Crippen LogP contribution >= 0.6 is 0 Å². The van der Waals surface area contributed by atoms with Gasteiger partial charge in [-0.05, 0) is 43.9 Å². The SMILES string of the molecule is CC(CNC(=O)c1cccn2nccc12)(NC(=O)c1cn[nH]n1)C1CCC1. The minimum atomic E-state index is -0.560. The summed E-state index contributed by atoms with van der Waals surface area (Å²) in [7, 11) is 0. The fraction of sp³-hybridized carbons (Fsp3) is 0.389. The van der Waals surface area contributed by atoms with Gasteiger partial charge >= 0.3 is 0 Å². The Morgan fingerprint density at radius 2 is 2.19 bits per heavy atom. The van der Waals surface area contributed by atoms with Crippen molar-refractivity contribution in [3.8, 4) is 0 Å². The average molecular weight is 367 g/mol. The van der Waals surface area contributed by atoms with Crippen LogP contribution in [0.4, 0.5) is 0 Å². The molecule has 1 unspecified atom stereocenters. The van der Waals surface area contributed by atoms with E-state index in [0.717, 1.165) is 24.8 Å². The molecule has 0 aromatic carbocycles. The summed E-state index contributed by atoms with van der Waals surface area (Å²) in [5, 5.41) is 20.1. The van der Waals surface area contributed by atoms with Gasteiger partial charge in [-0.15, -0.1) is 0 Å². The van der Waals surface area contributed by atoms with E-state index in [4.69, 9.17) is 0 Å². The molecule has 0 radical (unpaired) electrons. The van der Waals surface area contributed by atoms with E-state index in [0.29, 0.717) is 18.0 Å². The summed E-state index contributed by atoms with van der Waals surface area (Å²) in [5.41, 5.74) is 0.964. The van der Waals surface area contributed by atoms with Crippen LogP contribution in [0.3, 0.4) is 0 Å². The van der Waals surface area contributed by atoms with Crippen molar-refractivity contribution in [2.75, 3.05) is 6.54 Å². The normalized spacial score (nSPS) is 16.5. The van der Waals surface area contributed by atoms with Gasteiger partial charge in [0.15, 0.2) is 5.69 Å². The first-order valence-electron chi connectivity index (χ1n) is 8.96. The van der Waals surface area contributed by atoms with E-state index in [-0.39, 0.29) is 17.5 Å². The minimum absolute atomic E-state index is 0.192. The molecular weight excluding hydrogens is 346 g/mol. The van der Waals surface area contributed by atoms with Gasteiger partial charge in [0.2, 0.25) is 0 Å². The lowest BCUT2D eigenvalue weighted by Crippen LogP contribution is -2.59. The predicted octanol–water partition coefficient (Wildman–Crippen LogP) is 1.17. The Bertz CT molecular complexity index is 961. The number of aromatic nitrogens is 5. The third-order valence-electron chi connectivity index (χ3n) is 5.35. The largest absolute Gasteiger partial charge is 0.350 e. The van der Waals surface area contributed by atoms with Gasteiger partial charge in [-0.3, -0.25) is 9.59 Å². The van der Waals surface area contributed by atoms with Gasteiger partial charge in [0.05, 0.1) is 29.0 Å². The highest BCUT2D eigenvalue weighted by molar-refractivity contribution is 6.00. The average Bonchev–Trinajstić information content (AvgIpc) is 3.28. The van der Waals surface area contributed by atoms with Crippen molar-refractivity contribution in [3.63, 3.8) is 0 Å². The second kappa shape index (κ2) is 6.82. The molecule has 1 aliphatic rings. The van der Waals surface area contributed by atoms with Crippen molar-refractivity contribution < 1.29 is 9.59 Å². The topological polar surface area (TPSA) is 117 Å². The number of pyridine rings is 1. The van der Waals surface area contributed by atoms with Crippen LogP contribution in [0.25, 0.3) is 5.52 Å². The molecule has 27 heavy (non-hydrogen) atoms. The molecule has 3 heterocycles. The number of fused-ring (bicyclic) bond motifs is 1. The number of nitrogens with zero attached hydrogens (tertiary/aromatic N) is 4. The van der Waals surface area contributed by atoms with Crippen molar-refractivity contribution in [1.82, 2.24) is 35.7 Å². The van der Waals surface area contributed by atoms with E-state index < -0.39 is 5.54 Å². The Morgan fingerprint density at radius 1 is 1.33 bits per heavy atom. The van der Waals surface area contributed by atoms with Crippen molar-refractivity contribution in [3.05, 3.63) is 48.0 Å². The Hall–Kier alpha value is -3.23. The Balaban J connectivity index is 1.49. The third-order valence-corrected chi connectivity index (χ3v) is 5.35. The molecule has 0 saturated heterocycles. The molecule has 0 aliphatic heterocycles. The van der Waals surface area contributed by atoms with Crippen LogP contribution < -0.4 is 10.6 Å². The van der Waals surface area contributed by atoms with E-state index in [9.17, 15) is 9.59 Å². The Kier molecular flexibility index (Phi) is 4.35. The Labute approximate surface area is 155 Å². The van der Waals surface area contributed by atoms with Crippen LogP contribution in [0.1, 0.15) is 47.0 Å². The summed E-state index contributed by atoms with van der Waals surface area (Å²) in [6.07, 6.45) is 8.00. The molecular formula is C18H21N7O2. The molecule has 9 heteroatoms. The van der Waals surface area contributed by atoms with Crippen LogP contribution in [0.15, 0.2) is 36.8 Å². The molecule has 3 aromatic rings. The molecule has 3 aromatic heterocycles. The maximum atomic E-state index is 12.8. The zero-order valence-corrected chi connectivity index (χ0v) is 15.0. The van der Waals surface area contributed by atoms with Gasteiger partial charge in [0, 0.05) is 12.7 Å². The summed E-state index contributed by atoms with van der Waals surface area (Å²) >= 11 is 0. The number of H-pyrrole nitrogens is 1. The molecule has 0 bridgehead atoms. The zero-order chi connectivity index (χ0) is 18.9. The molecule has 4 rings (SSSR count). The van der Waals surface area contributed by atoms with Gasteiger partial charge in [-0.1, -0.05) is 6.42 Å². The maximum Gasteiger partial charge on any atom is 0.273 e.